The van der Waals surface area contributed by atoms with Crippen molar-refractivity contribution in [2.45, 2.75) is 27.2 Å². The van der Waals surface area contributed by atoms with Gasteiger partial charge in [-0.2, -0.15) is 0 Å². The van der Waals surface area contributed by atoms with Crippen LogP contribution in [0.25, 0.3) is 5.57 Å². The number of aromatic nitrogens is 1. The van der Waals surface area contributed by atoms with E-state index in [0.29, 0.717) is 0 Å². The normalized spacial score (nSPS) is 12.7. The average Bonchev–Trinajstić information content (AvgIpc) is 2.31. The Bertz CT molecular complexity index is 428. The molecule has 0 fully saturated rings. The molecule has 0 atom stereocenters. The molecule has 0 aliphatic rings. The number of nitrogens with one attached hydrogen (secondary N) is 1. The summed E-state index contributed by atoms with van der Waals surface area (Å²) in [5.74, 6) is 0. The van der Waals surface area contributed by atoms with Crippen LogP contribution in [0.3, 0.4) is 0 Å². The fourth-order valence-electron chi connectivity index (χ4n) is 1.52. The third-order valence-electron chi connectivity index (χ3n) is 2.46. The average molecular weight is 214 g/mol. The van der Waals surface area contributed by atoms with Crippen LogP contribution in [0.4, 0.5) is 0 Å². The summed E-state index contributed by atoms with van der Waals surface area (Å²) in [4.78, 5) is 4.28. The lowest BCUT2D eigenvalue weighted by atomic mass is 9.99. The maximum atomic E-state index is 7.36. The van der Waals surface area contributed by atoms with Crippen LogP contribution in [0.15, 0.2) is 36.1 Å². The van der Waals surface area contributed by atoms with E-state index >= 15 is 0 Å². The monoisotopic (exact) mass is 214 g/mol. The molecule has 84 valence electrons. The van der Waals surface area contributed by atoms with Gasteiger partial charge >= 0.3 is 0 Å². The van der Waals surface area contributed by atoms with E-state index in [-0.39, 0.29) is 0 Å². The summed E-state index contributed by atoms with van der Waals surface area (Å²) in [7, 11) is 0. The van der Waals surface area contributed by atoms with Crippen LogP contribution in [0.5, 0.6) is 0 Å². The van der Waals surface area contributed by atoms with Gasteiger partial charge in [-0.05, 0) is 37.5 Å². The van der Waals surface area contributed by atoms with E-state index in [4.69, 9.17) is 5.41 Å². The molecule has 1 aromatic heterocycles. The number of allylic oxidation sites excluding steroid dienone is 4. The Morgan fingerprint density at radius 3 is 2.81 bits per heavy atom. The molecule has 0 aromatic carbocycles. The van der Waals surface area contributed by atoms with Gasteiger partial charge in [0.05, 0.1) is 0 Å². The Balaban J connectivity index is 3.28. The molecule has 0 amide bonds. The summed E-state index contributed by atoms with van der Waals surface area (Å²) in [5, 5.41) is 7.36. The summed E-state index contributed by atoms with van der Waals surface area (Å²) >= 11 is 0. The first-order valence-corrected chi connectivity index (χ1v) is 5.50. The highest BCUT2D eigenvalue weighted by Gasteiger charge is 2.04. The fraction of sp³-hybridized carbons (Fsp3) is 0.286. The first kappa shape index (κ1) is 12.4. The van der Waals surface area contributed by atoms with Crippen molar-refractivity contribution in [2.75, 3.05) is 0 Å². The highest BCUT2D eigenvalue weighted by Crippen LogP contribution is 2.21. The van der Waals surface area contributed by atoms with Gasteiger partial charge in [-0.1, -0.05) is 25.1 Å². The lowest BCUT2D eigenvalue weighted by Gasteiger charge is -2.08. The van der Waals surface area contributed by atoms with Crippen molar-refractivity contribution < 1.29 is 0 Å². The molecular weight excluding hydrogens is 196 g/mol. The minimum Gasteiger partial charge on any atom is -0.308 e. The van der Waals surface area contributed by atoms with Crippen LogP contribution >= 0.6 is 0 Å². The van der Waals surface area contributed by atoms with E-state index in [1.807, 2.05) is 26.0 Å². The van der Waals surface area contributed by atoms with Crippen LogP contribution in [0.2, 0.25) is 0 Å². The SMILES string of the molecule is CC/C=C/C(=C(/C)C=N)c1cccnc1C. The van der Waals surface area contributed by atoms with Gasteiger partial charge < -0.3 is 5.41 Å². The van der Waals surface area contributed by atoms with E-state index in [9.17, 15) is 0 Å². The van der Waals surface area contributed by atoms with E-state index in [1.54, 1.807) is 6.20 Å². The first-order chi connectivity index (χ1) is 7.70. The lowest BCUT2D eigenvalue weighted by Crippen LogP contribution is -1.93. The van der Waals surface area contributed by atoms with Crippen molar-refractivity contribution in [3.05, 3.63) is 47.3 Å². The molecule has 0 radical (unpaired) electrons. The number of nitrogens with zero attached hydrogens (tertiary/aromatic N) is 1. The molecule has 0 saturated heterocycles. The first-order valence-electron chi connectivity index (χ1n) is 5.50. The van der Waals surface area contributed by atoms with Crippen molar-refractivity contribution in [1.29, 1.82) is 5.41 Å². The Morgan fingerprint density at radius 2 is 2.25 bits per heavy atom. The molecule has 0 saturated carbocycles. The molecular formula is C14H18N2. The van der Waals surface area contributed by atoms with E-state index in [1.165, 1.54) is 6.21 Å². The van der Waals surface area contributed by atoms with Crippen LogP contribution < -0.4 is 0 Å². The Morgan fingerprint density at radius 1 is 1.50 bits per heavy atom. The number of hydrogen-bond acceptors (Lipinski definition) is 2. The van der Waals surface area contributed by atoms with Gasteiger partial charge in [0.2, 0.25) is 0 Å². The number of pyridine rings is 1. The second kappa shape index (κ2) is 6.01. The smallest absolute Gasteiger partial charge is 0.0451 e. The maximum Gasteiger partial charge on any atom is 0.0451 e. The quantitative estimate of drug-likeness (QED) is 0.601. The summed E-state index contributed by atoms with van der Waals surface area (Å²) in [6.45, 7) is 6.05. The van der Waals surface area contributed by atoms with Crippen molar-refractivity contribution >= 4 is 11.8 Å². The van der Waals surface area contributed by atoms with Gasteiger partial charge in [-0.25, -0.2) is 0 Å². The molecule has 1 N–H and O–H groups in total. The Labute approximate surface area is 97.2 Å². The van der Waals surface area contributed by atoms with Crippen molar-refractivity contribution in [1.82, 2.24) is 4.98 Å². The second-order valence-corrected chi connectivity index (χ2v) is 3.69. The van der Waals surface area contributed by atoms with Gasteiger partial charge in [-0.3, -0.25) is 4.98 Å². The molecule has 1 rings (SSSR count). The zero-order valence-electron chi connectivity index (χ0n) is 10.1. The van der Waals surface area contributed by atoms with Gasteiger partial charge in [-0.15, -0.1) is 0 Å². The second-order valence-electron chi connectivity index (χ2n) is 3.69. The third-order valence-corrected chi connectivity index (χ3v) is 2.46. The molecule has 1 heterocycles. The number of hydrogen-bond donors (Lipinski definition) is 1. The molecule has 0 aliphatic carbocycles. The van der Waals surface area contributed by atoms with Crippen LogP contribution in [-0.4, -0.2) is 11.2 Å². The standard InChI is InChI=1S/C14H18N2/c1-4-5-7-13(11(2)10-15)14-8-6-9-16-12(14)3/h5-10,15H,4H2,1-3H3/b7-5+,13-11+,15-10?. The van der Waals surface area contributed by atoms with Crippen LogP contribution in [0, 0.1) is 12.3 Å². The fourth-order valence-corrected chi connectivity index (χ4v) is 1.52. The summed E-state index contributed by atoms with van der Waals surface area (Å²) in [6, 6.07) is 3.98. The molecule has 2 nitrogen and oxygen atoms in total. The topological polar surface area (TPSA) is 36.7 Å². The zero-order valence-corrected chi connectivity index (χ0v) is 10.1. The minimum absolute atomic E-state index is 0.959. The van der Waals surface area contributed by atoms with Crippen LogP contribution in [0.1, 0.15) is 31.5 Å². The Hall–Kier alpha value is -1.70. The van der Waals surface area contributed by atoms with Gasteiger partial charge in [0.1, 0.15) is 0 Å². The molecule has 0 unspecified atom stereocenters. The molecule has 2 heteroatoms. The van der Waals surface area contributed by atoms with Gasteiger partial charge in [0, 0.05) is 23.7 Å². The highest BCUT2D eigenvalue weighted by atomic mass is 14.7. The summed E-state index contributed by atoms with van der Waals surface area (Å²) in [5.41, 5.74) is 4.15. The minimum atomic E-state index is 0.959. The molecule has 16 heavy (non-hydrogen) atoms. The molecule has 0 spiro atoms. The van der Waals surface area contributed by atoms with E-state index < -0.39 is 0 Å². The van der Waals surface area contributed by atoms with Crippen molar-refractivity contribution in [3.63, 3.8) is 0 Å². The molecule has 0 bridgehead atoms. The predicted molar refractivity (Wildman–Crippen MR) is 69.8 cm³/mol. The van der Waals surface area contributed by atoms with Gasteiger partial charge in [0.15, 0.2) is 0 Å². The number of rotatable bonds is 4. The number of aryl methyl sites for hydroxylation is 1. The predicted octanol–water partition coefficient (Wildman–Crippen LogP) is 3.78. The summed E-state index contributed by atoms with van der Waals surface area (Å²) in [6.07, 6.45) is 8.36. The van der Waals surface area contributed by atoms with E-state index in [0.717, 1.165) is 28.8 Å². The van der Waals surface area contributed by atoms with Crippen molar-refractivity contribution in [3.8, 4) is 0 Å². The molecule has 0 aliphatic heterocycles. The van der Waals surface area contributed by atoms with Crippen molar-refractivity contribution in [2.24, 2.45) is 0 Å². The van der Waals surface area contributed by atoms with Crippen LogP contribution in [-0.2, 0) is 0 Å². The highest BCUT2D eigenvalue weighted by molar-refractivity contribution is 5.92. The third kappa shape index (κ3) is 2.89. The Kier molecular flexibility index (Phi) is 4.65. The largest absolute Gasteiger partial charge is 0.308 e. The maximum absolute atomic E-state index is 7.36. The van der Waals surface area contributed by atoms with E-state index in [2.05, 4.69) is 24.1 Å². The molecule has 1 aromatic rings. The zero-order chi connectivity index (χ0) is 12.0. The van der Waals surface area contributed by atoms with Gasteiger partial charge in [0.25, 0.3) is 0 Å². The lowest BCUT2D eigenvalue weighted by molar-refractivity contribution is 1.18. The summed E-state index contributed by atoms with van der Waals surface area (Å²) < 4.78 is 0.